The fourth-order valence-electron chi connectivity index (χ4n) is 1.35. The molecule has 0 aromatic heterocycles. The first kappa shape index (κ1) is 14.4. The first-order valence-corrected chi connectivity index (χ1v) is 5.88. The standard InChI is InChI=1S/C11H12ClFN2O3/c12-6-2-1-3-11(16)14-9-5-4-8(13)7-10(9)15(17)18/h4-5,7H,1-3,6H2,(H,14,16). The highest BCUT2D eigenvalue weighted by molar-refractivity contribution is 6.17. The number of carbonyl (C=O) groups is 1. The van der Waals surface area contributed by atoms with Gasteiger partial charge in [-0.3, -0.25) is 14.9 Å². The Labute approximate surface area is 108 Å². The number of hydrogen-bond acceptors (Lipinski definition) is 3. The topological polar surface area (TPSA) is 72.2 Å². The summed E-state index contributed by atoms with van der Waals surface area (Å²) in [5.74, 6) is -0.610. The molecule has 1 rings (SSSR count). The van der Waals surface area contributed by atoms with Gasteiger partial charge in [0, 0.05) is 12.3 Å². The third-order valence-corrected chi connectivity index (χ3v) is 2.49. The molecule has 7 heteroatoms. The largest absolute Gasteiger partial charge is 0.320 e. The predicted molar refractivity (Wildman–Crippen MR) is 66.3 cm³/mol. The second-order valence-corrected chi connectivity index (χ2v) is 3.99. The summed E-state index contributed by atoms with van der Waals surface area (Å²) in [6.07, 6.45) is 1.52. The molecule has 1 aromatic carbocycles. The van der Waals surface area contributed by atoms with Crippen LogP contribution in [0, 0.1) is 15.9 Å². The van der Waals surface area contributed by atoms with Crippen LogP contribution < -0.4 is 5.32 Å². The normalized spacial score (nSPS) is 10.1. The minimum absolute atomic E-state index is 0.00252. The summed E-state index contributed by atoms with van der Waals surface area (Å²) < 4.78 is 12.9. The molecule has 18 heavy (non-hydrogen) atoms. The van der Waals surface area contributed by atoms with Crippen molar-refractivity contribution in [3.63, 3.8) is 0 Å². The van der Waals surface area contributed by atoms with E-state index in [0.29, 0.717) is 18.7 Å². The number of nitrogens with one attached hydrogen (secondary N) is 1. The quantitative estimate of drug-likeness (QED) is 0.375. The fourth-order valence-corrected chi connectivity index (χ4v) is 1.54. The number of amides is 1. The number of alkyl halides is 1. The zero-order valence-electron chi connectivity index (χ0n) is 9.49. The number of rotatable bonds is 6. The molecule has 0 aliphatic heterocycles. The van der Waals surface area contributed by atoms with E-state index >= 15 is 0 Å². The molecule has 1 aromatic rings. The van der Waals surface area contributed by atoms with Gasteiger partial charge in [0.1, 0.15) is 11.5 Å². The summed E-state index contributed by atoms with van der Waals surface area (Å²) in [6.45, 7) is 0. The predicted octanol–water partition coefficient (Wildman–Crippen LogP) is 3.08. The van der Waals surface area contributed by atoms with Crippen LogP contribution >= 0.6 is 11.6 Å². The van der Waals surface area contributed by atoms with E-state index in [0.717, 1.165) is 12.1 Å². The van der Waals surface area contributed by atoms with E-state index in [9.17, 15) is 19.3 Å². The molecular formula is C11H12ClFN2O3. The van der Waals surface area contributed by atoms with Crippen molar-refractivity contribution in [2.24, 2.45) is 0 Å². The van der Waals surface area contributed by atoms with Crippen molar-refractivity contribution in [2.75, 3.05) is 11.2 Å². The SMILES string of the molecule is O=C(CCCCCl)Nc1ccc(F)cc1[N+](=O)[O-]. The Morgan fingerprint density at radius 3 is 2.78 bits per heavy atom. The van der Waals surface area contributed by atoms with Gasteiger partial charge in [0.15, 0.2) is 0 Å². The summed E-state index contributed by atoms with van der Waals surface area (Å²) in [7, 11) is 0. The molecule has 0 unspecified atom stereocenters. The Kier molecular flexibility index (Phi) is 5.51. The monoisotopic (exact) mass is 274 g/mol. The fraction of sp³-hybridized carbons (Fsp3) is 0.364. The molecule has 0 atom stereocenters. The number of nitro groups is 1. The molecule has 98 valence electrons. The van der Waals surface area contributed by atoms with E-state index in [4.69, 9.17) is 11.6 Å². The number of anilines is 1. The Bertz CT molecular complexity index is 454. The molecule has 0 saturated heterocycles. The van der Waals surface area contributed by atoms with Crippen LogP contribution in [0.1, 0.15) is 19.3 Å². The van der Waals surface area contributed by atoms with E-state index in [1.165, 1.54) is 6.07 Å². The van der Waals surface area contributed by atoms with E-state index in [1.807, 2.05) is 0 Å². The maximum absolute atomic E-state index is 12.9. The van der Waals surface area contributed by atoms with Crippen molar-refractivity contribution < 1.29 is 14.1 Å². The first-order chi connectivity index (χ1) is 8.54. The smallest absolute Gasteiger partial charge is 0.295 e. The van der Waals surface area contributed by atoms with Gasteiger partial charge in [-0.05, 0) is 25.0 Å². The lowest BCUT2D eigenvalue weighted by Gasteiger charge is -2.05. The number of hydrogen-bond donors (Lipinski definition) is 1. The first-order valence-electron chi connectivity index (χ1n) is 5.34. The Morgan fingerprint density at radius 2 is 2.17 bits per heavy atom. The Balaban J connectivity index is 2.72. The van der Waals surface area contributed by atoms with Crippen LogP contribution in [0.4, 0.5) is 15.8 Å². The van der Waals surface area contributed by atoms with Crippen molar-refractivity contribution >= 4 is 28.9 Å². The zero-order valence-corrected chi connectivity index (χ0v) is 10.2. The summed E-state index contributed by atoms with van der Waals surface area (Å²) in [4.78, 5) is 21.4. The van der Waals surface area contributed by atoms with E-state index < -0.39 is 16.4 Å². The van der Waals surface area contributed by atoms with Gasteiger partial charge in [-0.25, -0.2) is 4.39 Å². The van der Waals surface area contributed by atoms with Crippen LogP contribution in [0.2, 0.25) is 0 Å². The van der Waals surface area contributed by atoms with Crippen LogP contribution in [0.3, 0.4) is 0 Å². The molecule has 0 heterocycles. The van der Waals surface area contributed by atoms with Crippen LogP contribution in [0.15, 0.2) is 18.2 Å². The van der Waals surface area contributed by atoms with E-state index in [1.54, 1.807) is 0 Å². The molecule has 0 spiro atoms. The van der Waals surface area contributed by atoms with Gasteiger partial charge in [-0.15, -0.1) is 11.6 Å². The van der Waals surface area contributed by atoms with Crippen molar-refractivity contribution in [1.29, 1.82) is 0 Å². The lowest BCUT2D eigenvalue weighted by molar-refractivity contribution is -0.384. The molecule has 0 radical (unpaired) electrons. The van der Waals surface area contributed by atoms with Crippen molar-refractivity contribution in [1.82, 2.24) is 0 Å². The lowest BCUT2D eigenvalue weighted by Crippen LogP contribution is -2.12. The van der Waals surface area contributed by atoms with Crippen molar-refractivity contribution in [3.8, 4) is 0 Å². The highest BCUT2D eigenvalue weighted by atomic mass is 35.5. The van der Waals surface area contributed by atoms with Gasteiger partial charge in [-0.2, -0.15) is 0 Å². The summed E-state index contributed by atoms with van der Waals surface area (Å²) in [5.41, 5.74) is -0.460. The zero-order chi connectivity index (χ0) is 13.5. The summed E-state index contributed by atoms with van der Waals surface area (Å²) in [5, 5.41) is 13.1. The highest BCUT2D eigenvalue weighted by Gasteiger charge is 2.16. The Morgan fingerprint density at radius 1 is 1.44 bits per heavy atom. The van der Waals surface area contributed by atoms with Crippen LogP contribution in [-0.2, 0) is 4.79 Å². The second kappa shape index (κ2) is 6.90. The number of benzene rings is 1. The van der Waals surface area contributed by atoms with Gasteiger partial charge < -0.3 is 5.32 Å². The molecule has 0 bridgehead atoms. The maximum atomic E-state index is 12.9. The minimum Gasteiger partial charge on any atom is -0.320 e. The summed E-state index contributed by atoms with van der Waals surface area (Å²) >= 11 is 5.47. The number of carbonyl (C=O) groups excluding carboxylic acids is 1. The lowest BCUT2D eigenvalue weighted by atomic mass is 10.2. The van der Waals surface area contributed by atoms with Gasteiger partial charge in [0.05, 0.1) is 11.0 Å². The van der Waals surface area contributed by atoms with Crippen LogP contribution in [-0.4, -0.2) is 16.7 Å². The molecule has 0 aliphatic carbocycles. The third-order valence-electron chi connectivity index (χ3n) is 2.22. The number of nitro benzene ring substituents is 1. The molecule has 0 aliphatic rings. The third kappa shape index (κ3) is 4.29. The van der Waals surface area contributed by atoms with E-state index in [-0.39, 0.29) is 18.0 Å². The molecular weight excluding hydrogens is 263 g/mol. The molecule has 5 nitrogen and oxygen atoms in total. The second-order valence-electron chi connectivity index (χ2n) is 3.61. The van der Waals surface area contributed by atoms with Crippen molar-refractivity contribution in [3.05, 3.63) is 34.1 Å². The van der Waals surface area contributed by atoms with Crippen LogP contribution in [0.5, 0.6) is 0 Å². The van der Waals surface area contributed by atoms with Gasteiger partial charge in [0.25, 0.3) is 5.69 Å². The minimum atomic E-state index is -0.739. The highest BCUT2D eigenvalue weighted by Crippen LogP contribution is 2.25. The van der Waals surface area contributed by atoms with Gasteiger partial charge in [-0.1, -0.05) is 0 Å². The number of unbranched alkanes of at least 4 members (excludes halogenated alkanes) is 1. The summed E-state index contributed by atoms with van der Waals surface area (Å²) in [6, 6.07) is 3.00. The molecule has 1 N–H and O–H groups in total. The van der Waals surface area contributed by atoms with Crippen molar-refractivity contribution in [2.45, 2.75) is 19.3 Å². The van der Waals surface area contributed by atoms with E-state index in [2.05, 4.69) is 5.32 Å². The van der Waals surface area contributed by atoms with Gasteiger partial charge in [0.2, 0.25) is 5.91 Å². The number of halogens is 2. The average molecular weight is 275 g/mol. The average Bonchev–Trinajstić information content (AvgIpc) is 2.31. The maximum Gasteiger partial charge on any atom is 0.295 e. The number of nitrogens with zero attached hydrogens (tertiary/aromatic N) is 1. The molecule has 0 fully saturated rings. The molecule has 1 amide bonds. The Hall–Kier alpha value is -1.69. The van der Waals surface area contributed by atoms with Crippen LogP contribution in [0.25, 0.3) is 0 Å². The molecule has 0 saturated carbocycles. The van der Waals surface area contributed by atoms with Gasteiger partial charge >= 0.3 is 0 Å².